The quantitative estimate of drug-likeness (QED) is 0.804. The molecule has 0 spiro atoms. The van der Waals surface area contributed by atoms with E-state index in [9.17, 15) is 4.79 Å². The van der Waals surface area contributed by atoms with Gasteiger partial charge in [-0.2, -0.15) is 0 Å². The van der Waals surface area contributed by atoms with Gasteiger partial charge in [-0.1, -0.05) is 34.1 Å². The van der Waals surface area contributed by atoms with Gasteiger partial charge in [0.2, 0.25) is 0 Å². The lowest BCUT2D eigenvalue weighted by Crippen LogP contribution is -2.15. The van der Waals surface area contributed by atoms with Gasteiger partial charge in [0.05, 0.1) is 17.4 Å². The highest BCUT2D eigenvalue weighted by Crippen LogP contribution is 2.20. The number of rotatable bonds is 4. The second-order valence-corrected chi connectivity index (χ2v) is 4.82. The first-order chi connectivity index (χ1) is 9.08. The van der Waals surface area contributed by atoms with E-state index in [-0.39, 0.29) is 5.82 Å². The zero-order valence-electron chi connectivity index (χ0n) is 10.1. The van der Waals surface area contributed by atoms with Crippen LogP contribution >= 0.6 is 15.9 Å². The lowest BCUT2D eigenvalue weighted by Gasteiger charge is -2.11. The van der Waals surface area contributed by atoms with Gasteiger partial charge in [-0.25, -0.2) is 4.98 Å². The number of nitrogens with two attached hydrogens (primary N) is 2. The summed E-state index contributed by atoms with van der Waals surface area (Å²) in [7, 11) is 0. The fourth-order valence-electron chi connectivity index (χ4n) is 1.65. The molecule has 98 valence electrons. The molecule has 6 heteroatoms. The summed E-state index contributed by atoms with van der Waals surface area (Å²) in [4.78, 5) is 15.3. The largest absolute Gasteiger partial charge is 0.384 e. The summed E-state index contributed by atoms with van der Waals surface area (Å²) in [6.07, 6.45) is 1.51. The van der Waals surface area contributed by atoms with E-state index in [1.54, 1.807) is 0 Å². The van der Waals surface area contributed by atoms with Crippen LogP contribution in [0.1, 0.15) is 15.9 Å². The van der Waals surface area contributed by atoms with E-state index < -0.39 is 5.91 Å². The Balaban J connectivity index is 2.20. The third kappa shape index (κ3) is 3.23. The molecule has 0 fully saturated rings. The molecule has 0 unspecified atom stereocenters. The number of hydrogen-bond acceptors (Lipinski definition) is 4. The Hall–Kier alpha value is -2.08. The molecule has 1 amide bonds. The monoisotopic (exact) mass is 320 g/mol. The molecular formula is C13H13BrN4O. The Bertz CT molecular complexity index is 615. The lowest BCUT2D eigenvalue weighted by atomic mass is 10.2. The van der Waals surface area contributed by atoms with Crippen molar-refractivity contribution in [2.45, 2.75) is 6.54 Å². The van der Waals surface area contributed by atoms with Crippen molar-refractivity contribution in [3.63, 3.8) is 0 Å². The van der Waals surface area contributed by atoms with Gasteiger partial charge in [0, 0.05) is 11.0 Å². The molecule has 0 aliphatic rings. The highest BCUT2D eigenvalue weighted by atomic mass is 79.9. The third-order valence-electron chi connectivity index (χ3n) is 2.62. The normalized spacial score (nSPS) is 10.2. The zero-order chi connectivity index (χ0) is 13.8. The number of nitrogens with one attached hydrogen (secondary N) is 1. The van der Waals surface area contributed by atoms with Crippen LogP contribution in [0.5, 0.6) is 0 Å². The topological polar surface area (TPSA) is 94.0 Å². The van der Waals surface area contributed by atoms with Crippen molar-refractivity contribution < 1.29 is 4.79 Å². The van der Waals surface area contributed by atoms with E-state index in [1.807, 2.05) is 24.3 Å². The molecule has 0 aliphatic carbocycles. The molecule has 5 N–H and O–H groups in total. The fraction of sp³-hybridized carbons (Fsp3) is 0.0769. The average molecular weight is 321 g/mol. The van der Waals surface area contributed by atoms with Crippen LogP contribution < -0.4 is 16.8 Å². The van der Waals surface area contributed by atoms with Crippen molar-refractivity contribution in [2.24, 2.45) is 5.73 Å². The Morgan fingerprint density at radius 3 is 2.79 bits per heavy atom. The van der Waals surface area contributed by atoms with Crippen LogP contribution in [-0.2, 0) is 6.54 Å². The summed E-state index contributed by atoms with van der Waals surface area (Å²) < 4.78 is 0.992. The standard InChI is InChI=1S/C13H13BrN4O/c14-10-4-2-1-3-8(10)6-17-11-7-18-12(15)5-9(11)13(16)19/h1-5,7,17H,6H2,(H2,15,18)(H2,16,19). The number of nitrogens with zero attached hydrogens (tertiary/aromatic N) is 1. The van der Waals surface area contributed by atoms with Gasteiger partial charge in [-0.3, -0.25) is 4.79 Å². The van der Waals surface area contributed by atoms with E-state index >= 15 is 0 Å². The zero-order valence-corrected chi connectivity index (χ0v) is 11.6. The van der Waals surface area contributed by atoms with E-state index in [1.165, 1.54) is 12.3 Å². The van der Waals surface area contributed by atoms with E-state index in [0.29, 0.717) is 17.8 Å². The first-order valence-electron chi connectivity index (χ1n) is 5.60. The number of nitrogen functional groups attached to an aromatic ring is 1. The first-order valence-corrected chi connectivity index (χ1v) is 6.40. The van der Waals surface area contributed by atoms with Crippen LogP contribution in [0.25, 0.3) is 0 Å². The van der Waals surface area contributed by atoms with E-state index in [0.717, 1.165) is 10.0 Å². The van der Waals surface area contributed by atoms with Crippen LogP contribution in [0.3, 0.4) is 0 Å². The Kier molecular flexibility index (Phi) is 4.01. The van der Waals surface area contributed by atoms with Gasteiger partial charge >= 0.3 is 0 Å². The number of pyridine rings is 1. The van der Waals surface area contributed by atoms with Crippen molar-refractivity contribution in [1.29, 1.82) is 0 Å². The van der Waals surface area contributed by atoms with Gasteiger partial charge in [-0.05, 0) is 17.7 Å². The predicted octanol–water partition coefficient (Wildman–Crippen LogP) is 2.14. The molecular weight excluding hydrogens is 308 g/mol. The Morgan fingerprint density at radius 1 is 1.37 bits per heavy atom. The molecule has 1 heterocycles. The molecule has 0 aliphatic heterocycles. The minimum Gasteiger partial charge on any atom is -0.384 e. The smallest absolute Gasteiger partial charge is 0.250 e. The van der Waals surface area contributed by atoms with Gasteiger partial charge in [0.1, 0.15) is 5.82 Å². The second-order valence-electron chi connectivity index (χ2n) is 3.96. The maximum absolute atomic E-state index is 11.3. The van der Waals surface area contributed by atoms with Gasteiger partial charge < -0.3 is 16.8 Å². The molecule has 2 aromatic rings. The number of benzene rings is 1. The second kappa shape index (κ2) is 5.71. The van der Waals surface area contributed by atoms with Crippen molar-refractivity contribution in [3.05, 3.63) is 52.1 Å². The van der Waals surface area contributed by atoms with Crippen LogP contribution in [0.4, 0.5) is 11.5 Å². The van der Waals surface area contributed by atoms with Crippen LogP contribution in [0, 0.1) is 0 Å². The van der Waals surface area contributed by atoms with Crippen LogP contribution in [0.15, 0.2) is 41.0 Å². The molecule has 1 aromatic carbocycles. The molecule has 0 saturated heterocycles. The lowest BCUT2D eigenvalue weighted by molar-refractivity contribution is 0.100. The summed E-state index contributed by atoms with van der Waals surface area (Å²) in [6, 6.07) is 9.27. The summed E-state index contributed by atoms with van der Waals surface area (Å²) in [5.41, 5.74) is 12.8. The molecule has 0 saturated carbocycles. The SMILES string of the molecule is NC(=O)c1cc(N)ncc1NCc1ccccc1Br. The van der Waals surface area contributed by atoms with Crippen molar-refractivity contribution in [3.8, 4) is 0 Å². The molecule has 5 nitrogen and oxygen atoms in total. The highest BCUT2D eigenvalue weighted by molar-refractivity contribution is 9.10. The number of carbonyl (C=O) groups is 1. The number of hydrogen-bond donors (Lipinski definition) is 3. The number of amides is 1. The predicted molar refractivity (Wildman–Crippen MR) is 78.6 cm³/mol. The van der Waals surface area contributed by atoms with Crippen molar-refractivity contribution >= 4 is 33.3 Å². The number of halogens is 1. The molecule has 0 radical (unpaired) electrons. The third-order valence-corrected chi connectivity index (χ3v) is 3.39. The van der Waals surface area contributed by atoms with Crippen LogP contribution in [0.2, 0.25) is 0 Å². The first kappa shape index (κ1) is 13.4. The number of anilines is 2. The summed E-state index contributed by atoms with van der Waals surface area (Å²) in [5.74, 6) is -0.274. The summed E-state index contributed by atoms with van der Waals surface area (Å²) in [5, 5.41) is 3.13. The minimum absolute atomic E-state index is 0.264. The fourth-order valence-corrected chi connectivity index (χ4v) is 2.07. The Labute approximate surface area is 119 Å². The molecule has 0 bridgehead atoms. The van der Waals surface area contributed by atoms with Gasteiger partial charge in [-0.15, -0.1) is 0 Å². The molecule has 2 rings (SSSR count). The van der Waals surface area contributed by atoms with Gasteiger partial charge in [0.25, 0.3) is 5.91 Å². The Morgan fingerprint density at radius 2 is 2.11 bits per heavy atom. The van der Waals surface area contributed by atoms with Crippen molar-refractivity contribution in [2.75, 3.05) is 11.1 Å². The van der Waals surface area contributed by atoms with Crippen LogP contribution in [-0.4, -0.2) is 10.9 Å². The number of aromatic nitrogens is 1. The molecule has 0 atom stereocenters. The molecule has 1 aromatic heterocycles. The average Bonchev–Trinajstić information content (AvgIpc) is 2.38. The summed E-state index contributed by atoms with van der Waals surface area (Å²) >= 11 is 3.46. The van der Waals surface area contributed by atoms with E-state index in [4.69, 9.17) is 11.5 Å². The van der Waals surface area contributed by atoms with E-state index in [2.05, 4.69) is 26.2 Å². The molecule has 19 heavy (non-hydrogen) atoms. The minimum atomic E-state index is -0.538. The number of primary amides is 1. The van der Waals surface area contributed by atoms with Crippen molar-refractivity contribution in [1.82, 2.24) is 4.98 Å². The highest BCUT2D eigenvalue weighted by Gasteiger charge is 2.09. The number of carbonyl (C=O) groups excluding carboxylic acids is 1. The maximum Gasteiger partial charge on any atom is 0.250 e. The van der Waals surface area contributed by atoms with Gasteiger partial charge in [0.15, 0.2) is 0 Å². The maximum atomic E-state index is 11.3. The summed E-state index contributed by atoms with van der Waals surface area (Å²) in [6.45, 7) is 0.549.